The van der Waals surface area contributed by atoms with Crippen molar-refractivity contribution in [3.63, 3.8) is 0 Å². The number of nitrogens with zero attached hydrogens (tertiary/aromatic N) is 6. The van der Waals surface area contributed by atoms with Crippen LogP contribution in [-0.4, -0.2) is 67.6 Å². The topological polar surface area (TPSA) is 55.8 Å². The Hall–Kier alpha value is -3.82. The Morgan fingerprint density at radius 3 is 2.31 bits per heavy atom. The maximum Gasteiger partial charge on any atom is 0.257 e. The first kappa shape index (κ1) is 23.9. The summed E-state index contributed by atoms with van der Waals surface area (Å²) < 4.78 is 41.7. The zero-order chi connectivity index (χ0) is 25.4. The Labute approximate surface area is 207 Å². The predicted octanol–water partition coefficient (Wildman–Crippen LogP) is 3.49. The van der Waals surface area contributed by atoms with E-state index in [1.165, 1.54) is 12.1 Å². The van der Waals surface area contributed by atoms with Gasteiger partial charge in [0.05, 0.1) is 23.5 Å². The average molecular weight is 497 g/mol. The summed E-state index contributed by atoms with van der Waals surface area (Å²) in [5.41, 5.74) is 2.11. The van der Waals surface area contributed by atoms with Gasteiger partial charge in [-0.2, -0.15) is 4.98 Å². The van der Waals surface area contributed by atoms with Crippen molar-refractivity contribution in [3.05, 3.63) is 76.7 Å². The third kappa shape index (κ3) is 4.55. The highest BCUT2D eigenvalue weighted by Crippen LogP contribution is 2.30. The molecule has 36 heavy (non-hydrogen) atoms. The fraction of sp³-hybridized carbons (Fsp3) is 0.346. The van der Waals surface area contributed by atoms with Crippen molar-refractivity contribution >= 4 is 23.4 Å². The van der Waals surface area contributed by atoms with Crippen LogP contribution in [0.2, 0.25) is 0 Å². The lowest BCUT2D eigenvalue weighted by atomic mass is 10.0. The first-order chi connectivity index (χ1) is 17.3. The molecular weight excluding hydrogens is 469 g/mol. The van der Waals surface area contributed by atoms with Crippen molar-refractivity contribution < 1.29 is 18.0 Å². The van der Waals surface area contributed by atoms with Gasteiger partial charge in [-0.05, 0) is 24.3 Å². The van der Waals surface area contributed by atoms with Crippen LogP contribution in [0.25, 0.3) is 0 Å². The van der Waals surface area contributed by atoms with Crippen LogP contribution >= 0.6 is 0 Å². The van der Waals surface area contributed by atoms with Crippen molar-refractivity contribution in [1.29, 1.82) is 0 Å². The highest BCUT2D eigenvalue weighted by atomic mass is 19.1. The van der Waals surface area contributed by atoms with Gasteiger partial charge in [0.25, 0.3) is 5.91 Å². The molecule has 3 heterocycles. The zero-order valence-corrected chi connectivity index (χ0v) is 20.2. The van der Waals surface area contributed by atoms with E-state index in [2.05, 4.69) is 4.90 Å². The van der Waals surface area contributed by atoms with E-state index >= 15 is 0 Å². The molecule has 0 bridgehead atoms. The van der Waals surface area contributed by atoms with E-state index in [1.54, 1.807) is 17.0 Å². The fourth-order valence-electron chi connectivity index (χ4n) is 4.76. The van der Waals surface area contributed by atoms with Crippen LogP contribution in [0.5, 0.6) is 0 Å². The number of piperazine rings is 1. The Morgan fingerprint density at radius 1 is 0.889 bits per heavy atom. The smallest absolute Gasteiger partial charge is 0.257 e. The number of benzene rings is 2. The second kappa shape index (κ2) is 9.67. The minimum Gasteiger partial charge on any atom is -0.366 e. The normalized spacial score (nSPS) is 15.6. The second-order valence-electron chi connectivity index (χ2n) is 9.19. The summed E-state index contributed by atoms with van der Waals surface area (Å²) >= 11 is 0. The second-order valence-corrected chi connectivity index (χ2v) is 9.19. The fourth-order valence-corrected chi connectivity index (χ4v) is 4.76. The molecule has 1 aromatic heterocycles. The molecule has 2 aromatic carbocycles. The van der Waals surface area contributed by atoms with Gasteiger partial charge in [0.2, 0.25) is 5.95 Å². The quantitative estimate of drug-likeness (QED) is 0.552. The van der Waals surface area contributed by atoms with Gasteiger partial charge in [-0.15, -0.1) is 0 Å². The van der Waals surface area contributed by atoms with Gasteiger partial charge < -0.3 is 19.6 Å². The third-order valence-electron chi connectivity index (χ3n) is 6.65. The number of anilines is 3. The number of rotatable bonds is 4. The van der Waals surface area contributed by atoms with Crippen LogP contribution in [0.3, 0.4) is 0 Å². The molecule has 188 valence electrons. The number of carbonyl (C=O) groups is 1. The number of fused-ring (bicyclic) bond motifs is 1. The number of amides is 1. The molecule has 0 N–H and O–H groups in total. The van der Waals surface area contributed by atoms with Gasteiger partial charge in [-0.3, -0.25) is 4.79 Å². The molecule has 0 unspecified atom stereocenters. The maximum absolute atomic E-state index is 14.2. The lowest BCUT2D eigenvalue weighted by Gasteiger charge is -2.37. The molecule has 2 aliphatic heterocycles. The molecule has 0 spiro atoms. The molecule has 1 amide bonds. The molecule has 5 rings (SSSR count). The van der Waals surface area contributed by atoms with Gasteiger partial charge in [0.15, 0.2) is 0 Å². The third-order valence-corrected chi connectivity index (χ3v) is 6.65. The Bertz CT molecular complexity index is 1290. The summed E-state index contributed by atoms with van der Waals surface area (Å²) in [6, 6.07) is 9.75. The van der Waals surface area contributed by atoms with Crippen LogP contribution in [0.15, 0.2) is 42.5 Å². The van der Waals surface area contributed by atoms with Gasteiger partial charge >= 0.3 is 0 Å². The van der Waals surface area contributed by atoms with Gasteiger partial charge in [-0.25, -0.2) is 18.2 Å². The summed E-state index contributed by atoms with van der Waals surface area (Å²) in [7, 11) is 3.76. The van der Waals surface area contributed by atoms with Crippen molar-refractivity contribution in [2.24, 2.45) is 0 Å². The van der Waals surface area contributed by atoms with Crippen LogP contribution in [-0.2, 0) is 13.0 Å². The first-order valence-corrected chi connectivity index (χ1v) is 11.9. The number of aromatic nitrogens is 2. The highest BCUT2D eigenvalue weighted by molar-refractivity contribution is 5.94. The minimum atomic E-state index is -0.875. The van der Waals surface area contributed by atoms with Crippen molar-refractivity contribution in [3.8, 4) is 0 Å². The van der Waals surface area contributed by atoms with Crippen LogP contribution in [0, 0.1) is 17.5 Å². The molecule has 7 nitrogen and oxygen atoms in total. The van der Waals surface area contributed by atoms with E-state index in [0.29, 0.717) is 56.6 Å². The molecule has 1 fully saturated rings. The zero-order valence-electron chi connectivity index (χ0n) is 20.2. The highest BCUT2D eigenvalue weighted by Gasteiger charge is 2.30. The lowest BCUT2D eigenvalue weighted by molar-refractivity contribution is 0.0729. The van der Waals surface area contributed by atoms with Crippen LogP contribution in [0.1, 0.15) is 21.6 Å². The molecule has 0 atom stereocenters. The minimum absolute atomic E-state index is 0.156. The summed E-state index contributed by atoms with van der Waals surface area (Å²) in [6.45, 7) is 3.18. The van der Waals surface area contributed by atoms with E-state index in [9.17, 15) is 18.0 Å². The Morgan fingerprint density at radius 2 is 1.61 bits per heavy atom. The Kier molecular flexibility index (Phi) is 6.42. The molecule has 0 radical (unpaired) electrons. The predicted molar refractivity (Wildman–Crippen MR) is 132 cm³/mol. The molecule has 0 saturated carbocycles. The van der Waals surface area contributed by atoms with E-state index in [0.717, 1.165) is 23.4 Å². The largest absolute Gasteiger partial charge is 0.366 e. The van der Waals surface area contributed by atoms with E-state index < -0.39 is 17.5 Å². The summed E-state index contributed by atoms with van der Waals surface area (Å²) in [6.07, 6.45) is 0.495. The standard InChI is InChI=1S/C26H27F3N6O/c1-32(2)24-19-16-35(25(36)18-8-7-17(27)15-21(18)29)10-9-22(19)30-26(31-24)34-13-11-33(12-14-34)23-6-4-3-5-20(23)28/h3-8,15H,9-14,16H2,1-2H3. The lowest BCUT2D eigenvalue weighted by Crippen LogP contribution is -2.47. The van der Waals surface area contributed by atoms with Gasteiger partial charge in [0, 0.05) is 64.9 Å². The van der Waals surface area contributed by atoms with Gasteiger partial charge in [0.1, 0.15) is 23.3 Å². The summed E-state index contributed by atoms with van der Waals surface area (Å²) in [5.74, 6) is -1.02. The number of hydrogen-bond donors (Lipinski definition) is 0. The monoisotopic (exact) mass is 496 g/mol. The summed E-state index contributed by atoms with van der Waals surface area (Å²) in [5, 5.41) is 0. The molecular formula is C26H27F3N6O. The molecule has 10 heteroatoms. The van der Waals surface area contributed by atoms with Gasteiger partial charge in [-0.1, -0.05) is 12.1 Å². The number of halogens is 3. The van der Waals surface area contributed by atoms with E-state index in [1.807, 2.05) is 30.0 Å². The maximum atomic E-state index is 14.2. The Balaban J connectivity index is 1.35. The van der Waals surface area contributed by atoms with E-state index in [4.69, 9.17) is 9.97 Å². The number of hydrogen-bond acceptors (Lipinski definition) is 6. The van der Waals surface area contributed by atoms with Crippen molar-refractivity contribution in [1.82, 2.24) is 14.9 Å². The summed E-state index contributed by atoms with van der Waals surface area (Å²) in [4.78, 5) is 30.2. The van der Waals surface area contributed by atoms with Crippen molar-refractivity contribution in [2.45, 2.75) is 13.0 Å². The molecule has 3 aromatic rings. The molecule has 0 aliphatic carbocycles. The van der Waals surface area contributed by atoms with Crippen LogP contribution < -0.4 is 14.7 Å². The first-order valence-electron chi connectivity index (χ1n) is 11.9. The molecule has 1 saturated heterocycles. The molecule has 2 aliphatic rings. The van der Waals surface area contributed by atoms with Crippen molar-refractivity contribution in [2.75, 3.05) is 61.5 Å². The van der Waals surface area contributed by atoms with E-state index in [-0.39, 0.29) is 17.9 Å². The SMILES string of the molecule is CN(C)c1nc(N2CCN(c3ccccc3F)CC2)nc2c1CN(C(=O)c1ccc(F)cc1F)CC2. The van der Waals surface area contributed by atoms with Crippen LogP contribution in [0.4, 0.5) is 30.6 Å². The average Bonchev–Trinajstić information content (AvgIpc) is 2.87. The number of carbonyl (C=O) groups excluding carboxylic acids is 1. The number of para-hydroxylation sites is 1.